The molecule has 1 heterocycles. The van der Waals surface area contributed by atoms with E-state index in [1.54, 1.807) is 11.8 Å². The van der Waals surface area contributed by atoms with Crippen LogP contribution in [0.25, 0.3) is 0 Å². The highest BCUT2D eigenvalue weighted by atomic mass is 32.2. The van der Waals surface area contributed by atoms with Crippen LogP contribution in [0.4, 0.5) is 0 Å². The Kier molecular flexibility index (Phi) is 9.15. The number of hydrogen-bond donors (Lipinski definition) is 2. The van der Waals surface area contributed by atoms with Crippen LogP contribution in [0.5, 0.6) is 0 Å². The van der Waals surface area contributed by atoms with Gasteiger partial charge in [0.1, 0.15) is 0 Å². The maximum absolute atomic E-state index is 12.6. The zero-order valence-electron chi connectivity index (χ0n) is 16.5. The third kappa shape index (κ3) is 7.54. The van der Waals surface area contributed by atoms with Crippen LogP contribution in [0.3, 0.4) is 0 Å². The van der Waals surface area contributed by atoms with Crippen molar-refractivity contribution in [2.75, 3.05) is 26.2 Å². The lowest BCUT2D eigenvalue weighted by Gasteiger charge is -2.31. The number of nitrogens with two attached hydrogens (primary N) is 1. The van der Waals surface area contributed by atoms with Gasteiger partial charge in [-0.15, -0.1) is 11.8 Å². The fourth-order valence-corrected chi connectivity index (χ4v) is 4.62. The van der Waals surface area contributed by atoms with Crippen LogP contribution in [0, 0.1) is 11.8 Å². The number of primary amides is 1. The van der Waals surface area contributed by atoms with Crippen LogP contribution in [-0.2, 0) is 15.3 Å². The monoisotopic (exact) mass is 391 g/mol. The molecule has 0 spiro atoms. The number of nitrogens with one attached hydrogen (secondary N) is 1. The van der Waals surface area contributed by atoms with Crippen molar-refractivity contribution in [3.05, 3.63) is 35.9 Å². The SMILES string of the molecule is CC(C)C(SCc1ccccc1)C(=O)NCCCN1CCCC(C(N)=O)C1. The summed E-state index contributed by atoms with van der Waals surface area (Å²) in [6.07, 6.45) is 2.81. The highest BCUT2D eigenvalue weighted by Gasteiger charge is 2.24. The smallest absolute Gasteiger partial charge is 0.233 e. The van der Waals surface area contributed by atoms with Gasteiger partial charge < -0.3 is 16.0 Å². The normalized spacial score (nSPS) is 19.0. The quantitative estimate of drug-likeness (QED) is 0.601. The van der Waals surface area contributed by atoms with Crippen LogP contribution in [0.2, 0.25) is 0 Å². The summed E-state index contributed by atoms with van der Waals surface area (Å²) in [5.41, 5.74) is 6.68. The molecule has 3 N–H and O–H groups in total. The molecule has 0 radical (unpaired) electrons. The standard InChI is InChI=1S/C21H33N3O2S/c1-16(2)19(27-15-17-8-4-3-5-9-17)21(26)23-11-7-13-24-12-6-10-18(14-24)20(22)25/h3-5,8-9,16,18-19H,6-7,10-15H2,1-2H3,(H2,22,25)(H,23,26). The predicted molar refractivity (Wildman–Crippen MR) is 112 cm³/mol. The second kappa shape index (κ2) is 11.3. The third-order valence-corrected chi connectivity index (χ3v) is 6.61. The molecule has 0 aliphatic carbocycles. The Morgan fingerprint density at radius 1 is 1.30 bits per heavy atom. The number of amides is 2. The molecule has 0 bridgehead atoms. The number of nitrogens with zero attached hydrogens (tertiary/aromatic N) is 1. The van der Waals surface area contributed by atoms with E-state index in [4.69, 9.17) is 5.73 Å². The van der Waals surface area contributed by atoms with E-state index in [1.807, 2.05) is 18.2 Å². The first-order chi connectivity index (χ1) is 13.0. The van der Waals surface area contributed by atoms with Gasteiger partial charge in [-0.3, -0.25) is 9.59 Å². The van der Waals surface area contributed by atoms with E-state index in [2.05, 4.69) is 36.2 Å². The Morgan fingerprint density at radius 3 is 2.70 bits per heavy atom. The van der Waals surface area contributed by atoms with Gasteiger partial charge in [-0.05, 0) is 43.8 Å². The molecule has 1 aromatic carbocycles. The van der Waals surface area contributed by atoms with E-state index in [1.165, 1.54) is 5.56 Å². The van der Waals surface area contributed by atoms with Gasteiger partial charge in [0.15, 0.2) is 0 Å². The zero-order valence-corrected chi connectivity index (χ0v) is 17.3. The maximum Gasteiger partial charge on any atom is 0.233 e. The summed E-state index contributed by atoms with van der Waals surface area (Å²) in [5, 5.41) is 3.05. The summed E-state index contributed by atoms with van der Waals surface area (Å²) in [5.74, 6) is 1.05. The molecule has 0 aromatic heterocycles. The molecule has 6 heteroatoms. The molecule has 27 heavy (non-hydrogen) atoms. The minimum absolute atomic E-state index is 0.0203. The van der Waals surface area contributed by atoms with Gasteiger partial charge in [0.05, 0.1) is 11.2 Å². The van der Waals surface area contributed by atoms with Crippen LogP contribution in [-0.4, -0.2) is 48.1 Å². The zero-order chi connectivity index (χ0) is 19.6. The van der Waals surface area contributed by atoms with Crippen LogP contribution < -0.4 is 11.1 Å². The van der Waals surface area contributed by atoms with E-state index >= 15 is 0 Å². The van der Waals surface area contributed by atoms with Gasteiger partial charge in [-0.25, -0.2) is 0 Å². The third-order valence-electron chi connectivity index (χ3n) is 4.99. The molecule has 0 saturated carbocycles. The van der Waals surface area contributed by atoms with Crippen molar-refractivity contribution in [2.45, 2.75) is 44.1 Å². The maximum atomic E-state index is 12.6. The Bertz CT molecular complexity index is 594. The minimum atomic E-state index is -0.191. The molecule has 150 valence electrons. The van der Waals surface area contributed by atoms with Crippen molar-refractivity contribution in [1.82, 2.24) is 10.2 Å². The number of rotatable bonds is 10. The van der Waals surface area contributed by atoms with Crippen molar-refractivity contribution in [1.29, 1.82) is 0 Å². The first-order valence-electron chi connectivity index (χ1n) is 9.92. The fourth-order valence-electron chi connectivity index (χ4n) is 3.44. The van der Waals surface area contributed by atoms with Gasteiger partial charge in [0, 0.05) is 18.8 Å². The Hall–Kier alpha value is -1.53. The number of carbonyl (C=O) groups is 2. The molecule has 1 saturated heterocycles. The highest BCUT2D eigenvalue weighted by molar-refractivity contribution is 7.99. The molecule has 5 nitrogen and oxygen atoms in total. The molecule has 2 atom stereocenters. The van der Waals surface area contributed by atoms with E-state index in [0.717, 1.165) is 44.6 Å². The van der Waals surface area contributed by atoms with Crippen LogP contribution in [0.1, 0.15) is 38.7 Å². The number of likely N-dealkylation sites (tertiary alicyclic amines) is 1. The molecule has 1 fully saturated rings. The van der Waals surface area contributed by atoms with Crippen molar-refractivity contribution in [2.24, 2.45) is 17.6 Å². The molecule has 1 aliphatic rings. The molecule has 2 amide bonds. The molecular formula is C21H33N3O2S. The fraction of sp³-hybridized carbons (Fsp3) is 0.619. The highest BCUT2D eigenvalue weighted by Crippen LogP contribution is 2.24. The largest absolute Gasteiger partial charge is 0.369 e. The van der Waals surface area contributed by atoms with Crippen molar-refractivity contribution in [3.8, 4) is 0 Å². The van der Waals surface area contributed by atoms with E-state index in [9.17, 15) is 9.59 Å². The topological polar surface area (TPSA) is 75.4 Å². The number of carbonyl (C=O) groups excluding carboxylic acids is 2. The number of piperidine rings is 1. The average molecular weight is 392 g/mol. The van der Waals surface area contributed by atoms with Gasteiger partial charge >= 0.3 is 0 Å². The van der Waals surface area contributed by atoms with Gasteiger partial charge in [0.2, 0.25) is 11.8 Å². The Labute approximate surface area is 167 Å². The van der Waals surface area contributed by atoms with E-state index in [0.29, 0.717) is 6.54 Å². The van der Waals surface area contributed by atoms with Gasteiger partial charge in [-0.1, -0.05) is 44.2 Å². The summed E-state index contributed by atoms with van der Waals surface area (Å²) in [6, 6.07) is 10.3. The van der Waals surface area contributed by atoms with Crippen molar-refractivity contribution < 1.29 is 9.59 Å². The van der Waals surface area contributed by atoms with Crippen LogP contribution in [0.15, 0.2) is 30.3 Å². The Morgan fingerprint density at radius 2 is 2.04 bits per heavy atom. The molecule has 2 rings (SSSR count). The lowest BCUT2D eigenvalue weighted by molar-refractivity contribution is -0.123. The first-order valence-corrected chi connectivity index (χ1v) is 11.0. The number of thioether (sulfide) groups is 1. The summed E-state index contributed by atoms with van der Waals surface area (Å²) < 4.78 is 0. The van der Waals surface area contributed by atoms with Crippen molar-refractivity contribution in [3.63, 3.8) is 0 Å². The van der Waals surface area contributed by atoms with E-state index in [-0.39, 0.29) is 28.9 Å². The second-order valence-corrected chi connectivity index (χ2v) is 8.78. The lowest BCUT2D eigenvalue weighted by atomic mass is 9.97. The van der Waals surface area contributed by atoms with Gasteiger partial charge in [-0.2, -0.15) is 0 Å². The Balaban J connectivity index is 1.70. The second-order valence-electron chi connectivity index (χ2n) is 7.65. The first kappa shape index (κ1) is 21.8. The lowest BCUT2D eigenvalue weighted by Crippen LogP contribution is -2.42. The van der Waals surface area contributed by atoms with Gasteiger partial charge in [0.25, 0.3) is 0 Å². The summed E-state index contributed by atoms with van der Waals surface area (Å²) in [6.45, 7) is 7.53. The summed E-state index contributed by atoms with van der Waals surface area (Å²) >= 11 is 1.71. The minimum Gasteiger partial charge on any atom is -0.369 e. The van der Waals surface area contributed by atoms with Crippen molar-refractivity contribution >= 4 is 23.6 Å². The van der Waals surface area contributed by atoms with E-state index < -0.39 is 0 Å². The summed E-state index contributed by atoms with van der Waals surface area (Å²) in [4.78, 5) is 26.2. The molecular weight excluding hydrogens is 358 g/mol. The average Bonchev–Trinajstić information content (AvgIpc) is 2.66. The number of benzene rings is 1. The molecule has 2 unspecified atom stereocenters. The van der Waals surface area contributed by atoms with Crippen LogP contribution >= 0.6 is 11.8 Å². The molecule has 1 aromatic rings. The molecule has 1 aliphatic heterocycles. The number of hydrogen-bond acceptors (Lipinski definition) is 4. The summed E-state index contributed by atoms with van der Waals surface area (Å²) in [7, 11) is 0. The predicted octanol–water partition coefficient (Wildman–Crippen LogP) is 2.65.